The minimum Gasteiger partial charge on any atom is -0.448 e. The summed E-state index contributed by atoms with van der Waals surface area (Å²) in [5.74, 6) is -0.275. The Bertz CT molecular complexity index is 390. The lowest BCUT2D eigenvalue weighted by molar-refractivity contribution is 0.0943. The maximum Gasteiger partial charge on any atom is 0.409 e. The molecular formula is C10H13N3O4. The summed E-state index contributed by atoms with van der Waals surface area (Å²) >= 11 is 0. The van der Waals surface area contributed by atoms with Gasteiger partial charge in [-0.15, -0.1) is 0 Å². The molecule has 0 spiro atoms. The summed E-state index contributed by atoms with van der Waals surface area (Å²) in [4.78, 5) is 24.1. The molecule has 0 atom stereocenters. The number of nitrogens with one attached hydrogen (secondary N) is 1. The number of hydrogen-bond acceptors (Lipinski definition) is 5. The zero-order valence-corrected chi connectivity index (χ0v) is 9.22. The van der Waals surface area contributed by atoms with E-state index in [9.17, 15) is 9.59 Å². The Labute approximate surface area is 97.7 Å². The zero-order valence-electron chi connectivity index (χ0n) is 9.22. The van der Waals surface area contributed by atoms with Crippen molar-refractivity contribution >= 4 is 12.0 Å². The van der Waals surface area contributed by atoms with E-state index in [1.54, 1.807) is 4.90 Å². The standard InChI is InChI=1S/C10H13N3O4/c14-9(8-2-6-17-12-8)11-3-1-4-13-5-7-16-10(13)15/h2,6H,1,3-5,7H2,(H,11,14). The van der Waals surface area contributed by atoms with Gasteiger partial charge in [-0.2, -0.15) is 0 Å². The van der Waals surface area contributed by atoms with Crippen LogP contribution in [0.4, 0.5) is 4.79 Å². The van der Waals surface area contributed by atoms with Crippen molar-refractivity contribution in [2.24, 2.45) is 0 Å². The van der Waals surface area contributed by atoms with E-state index < -0.39 is 0 Å². The first-order valence-corrected chi connectivity index (χ1v) is 5.37. The summed E-state index contributed by atoms with van der Waals surface area (Å²) in [6.07, 6.45) is 1.74. The van der Waals surface area contributed by atoms with Gasteiger partial charge in [-0.3, -0.25) is 4.79 Å². The van der Waals surface area contributed by atoms with Gasteiger partial charge in [0.15, 0.2) is 5.69 Å². The molecule has 1 saturated heterocycles. The molecule has 7 nitrogen and oxygen atoms in total. The topological polar surface area (TPSA) is 84.7 Å². The molecule has 1 aromatic rings. The van der Waals surface area contributed by atoms with Crippen molar-refractivity contribution in [2.45, 2.75) is 6.42 Å². The molecule has 2 amide bonds. The average molecular weight is 239 g/mol. The molecule has 0 unspecified atom stereocenters. The van der Waals surface area contributed by atoms with Crippen molar-refractivity contribution in [3.05, 3.63) is 18.0 Å². The van der Waals surface area contributed by atoms with E-state index in [1.165, 1.54) is 12.3 Å². The molecule has 2 rings (SSSR count). The SMILES string of the molecule is O=C(NCCCN1CCOC1=O)c1ccon1. The van der Waals surface area contributed by atoms with E-state index in [1.807, 2.05) is 0 Å². The highest BCUT2D eigenvalue weighted by molar-refractivity contribution is 5.91. The van der Waals surface area contributed by atoms with Gasteiger partial charge in [0.05, 0.1) is 6.54 Å². The Hall–Kier alpha value is -2.05. The van der Waals surface area contributed by atoms with Crippen molar-refractivity contribution in [1.82, 2.24) is 15.4 Å². The second-order valence-electron chi connectivity index (χ2n) is 3.60. The van der Waals surface area contributed by atoms with E-state index in [0.717, 1.165) is 0 Å². The van der Waals surface area contributed by atoms with E-state index in [-0.39, 0.29) is 17.7 Å². The first-order valence-electron chi connectivity index (χ1n) is 5.37. The van der Waals surface area contributed by atoms with Crippen LogP contribution < -0.4 is 5.32 Å². The van der Waals surface area contributed by atoms with E-state index in [4.69, 9.17) is 4.74 Å². The van der Waals surface area contributed by atoms with Gasteiger partial charge in [0.2, 0.25) is 0 Å². The molecule has 7 heteroatoms. The Balaban J connectivity index is 1.63. The first kappa shape index (κ1) is 11.4. The van der Waals surface area contributed by atoms with Crippen LogP contribution in [0.5, 0.6) is 0 Å². The van der Waals surface area contributed by atoms with Crippen LogP contribution >= 0.6 is 0 Å². The lowest BCUT2D eigenvalue weighted by Gasteiger charge is -2.11. The van der Waals surface area contributed by atoms with Crippen LogP contribution in [-0.4, -0.2) is 48.3 Å². The number of ether oxygens (including phenoxy) is 1. The van der Waals surface area contributed by atoms with Gasteiger partial charge in [-0.25, -0.2) is 4.79 Å². The summed E-state index contributed by atoms with van der Waals surface area (Å²) in [6.45, 7) is 2.13. The van der Waals surface area contributed by atoms with Crippen LogP contribution in [0.3, 0.4) is 0 Å². The highest BCUT2D eigenvalue weighted by Gasteiger charge is 2.20. The van der Waals surface area contributed by atoms with Gasteiger partial charge in [0.25, 0.3) is 5.91 Å². The Morgan fingerprint density at radius 1 is 1.59 bits per heavy atom. The van der Waals surface area contributed by atoms with Gasteiger partial charge in [0.1, 0.15) is 12.9 Å². The molecule has 1 aliphatic rings. The van der Waals surface area contributed by atoms with Crippen LogP contribution in [0.25, 0.3) is 0 Å². The molecular weight excluding hydrogens is 226 g/mol. The van der Waals surface area contributed by atoms with Crippen LogP contribution in [-0.2, 0) is 4.74 Å². The third kappa shape index (κ3) is 2.96. The molecule has 1 aromatic heterocycles. The summed E-state index contributed by atoms with van der Waals surface area (Å²) < 4.78 is 9.34. The van der Waals surface area contributed by atoms with Crippen molar-refractivity contribution < 1.29 is 18.8 Å². The molecule has 2 heterocycles. The summed E-state index contributed by atoms with van der Waals surface area (Å²) in [7, 11) is 0. The average Bonchev–Trinajstić information content (AvgIpc) is 2.96. The number of amides is 2. The molecule has 0 saturated carbocycles. The molecule has 0 bridgehead atoms. The lowest BCUT2D eigenvalue weighted by Crippen LogP contribution is -2.30. The van der Waals surface area contributed by atoms with Crippen molar-refractivity contribution in [3.63, 3.8) is 0 Å². The Kier molecular flexibility index (Phi) is 3.59. The van der Waals surface area contributed by atoms with Gasteiger partial charge >= 0.3 is 6.09 Å². The van der Waals surface area contributed by atoms with Crippen molar-refractivity contribution in [2.75, 3.05) is 26.2 Å². The normalized spacial score (nSPS) is 14.8. The predicted octanol–water partition coefficient (Wildman–Crippen LogP) is 0.247. The summed E-state index contributed by atoms with van der Waals surface area (Å²) in [5, 5.41) is 6.20. The number of cyclic esters (lactones) is 1. The second-order valence-corrected chi connectivity index (χ2v) is 3.60. The van der Waals surface area contributed by atoms with Gasteiger partial charge < -0.3 is 19.5 Å². The largest absolute Gasteiger partial charge is 0.448 e. The van der Waals surface area contributed by atoms with E-state index >= 15 is 0 Å². The second kappa shape index (κ2) is 5.33. The summed E-state index contributed by atoms with van der Waals surface area (Å²) in [6, 6.07) is 1.49. The quantitative estimate of drug-likeness (QED) is 0.744. The molecule has 17 heavy (non-hydrogen) atoms. The van der Waals surface area contributed by atoms with Crippen LogP contribution in [0, 0.1) is 0 Å². The third-order valence-corrected chi connectivity index (χ3v) is 2.41. The molecule has 1 N–H and O–H groups in total. The fraction of sp³-hybridized carbons (Fsp3) is 0.500. The van der Waals surface area contributed by atoms with Crippen molar-refractivity contribution in [1.29, 1.82) is 0 Å². The molecule has 0 radical (unpaired) electrons. The number of carbonyl (C=O) groups excluding carboxylic acids is 2. The van der Waals surface area contributed by atoms with Crippen LogP contribution in [0.15, 0.2) is 16.9 Å². The maximum absolute atomic E-state index is 11.4. The fourth-order valence-corrected chi connectivity index (χ4v) is 1.52. The first-order chi connectivity index (χ1) is 8.27. The highest BCUT2D eigenvalue weighted by atomic mass is 16.6. The van der Waals surface area contributed by atoms with Crippen LogP contribution in [0.2, 0.25) is 0 Å². The number of carbonyl (C=O) groups is 2. The third-order valence-electron chi connectivity index (χ3n) is 2.41. The van der Waals surface area contributed by atoms with Crippen LogP contribution in [0.1, 0.15) is 16.9 Å². The smallest absolute Gasteiger partial charge is 0.409 e. The zero-order chi connectivity index (χ0) is 12.1. The number of nitrogens with zero attached hydrogens (tertiary/aromatic N) is 2. The van der Waals surface area contributed by atoms with Gasteiger partial charge in [0, 0.05) is 19.2 Å². The number of rotatable bonds is 5. The van der Waals surface area contributed by atoms with Gasteiger partial charge in [-0.1, -0.05) is 5.16 Å². The van der Waals surface area contributed by atoms with Gasteiger partial charge in [-0.05, 0) is 6.42 Å². The minimum atomic E-state index is -0.284. The van der Waals surface area contributed by atoms with E-state index in [2.05, 4.69) is 15.0 Å². The summed E-state index contributed by atoms with van der Waals surface area (Å²) in [5.41, 5.74) is 0.255. The maximum atomic E-state index is 11.4. The molecule has 0 aliphatic carbocycles. The van der Waals surface area contributed by atoms with Crippen molar-refractivity contribution in [3.8, 4) is 0 Å². The predicted molar refractivity (Wildman–Crippen MR) is 56.4 cm³/mol. The van der Waals surface area contributed by atoms with E-state index in [0.29, 0.717) is 32.7 Å². The monoisotopic (exact) mass is 239 g/mol. The lowest BCUT2D eigenvalue weighted by atomic mass is 10.3. The highest BCUT2D eigenvalue weighted by Crippen LogP contribution is 2.03. The Morgan fingerprint density at radius 3 is 3.12 bits per heavy atom. The fourth-order valence-electron chi connectivity index (χ4n) is 1.52. The Morgan fingerprint density at radius 2 is 2.47 bits per heavy atom. The molecule has 92 valence electrons. The minimum absolute atomic E-state index is 0.255. The molecule has 1 aliphatic heterocycles. The number of aromatic nitrogens is 1. The molecule has 0 aromatic carbocycles. The molecule has 1 fully saturated rings. The number of hydrogen-bond donors (Lipinski definition) is 1.